The fourth-order valence-electron chi connectivity index (χ4n) is 0.623. The molecule has 0 bridgehead atoms. The average Bonchev–Trinajstić information content (AvgIpc) is 2.28. The van der Waals surface area contributed by atoms with Crippen LogP contribution in [0.4, 0.5) is 0 Å². The molecule has 0 fully saturated rings. The van der Waals surface area contributed by atoms with Gasteiger partial charge < -0.3 is 0 Å². The highest BCUT2D eigenvalue weighted by Gasteiger charge is 1.86. The van der Waals surface area contributed by atoms with Crippen molar-refractivity contribution in [3.63, 3.8) is 0 Å². The molecule has 0 amide bonds. The lowest BCUT2D eigenvalue weighted by Gasteiger charge is -2.10. The molecule has 0 aliphatic heterocycles. The number of hydrogen-bond donors (Lipinski definition) is 2. The summed E-state index contributed by atoms with van der Waals surface area (Å²) in [4.78, 5) is 10.0. The fraction of sp³-hybridized carbons (Fsp3) is 1.00. The van der Waals surface area contributed by atoms with Crippen molar-refractivity contribution in [3.05, 3.63) is 0 Å². The van der Waals surface area contributed by atoms with E-state index in [0.717, 1.165) is 26.3 Å². The highest BCUT2D eigenvalue weighted by molar-refractivity contribution is 7.79. The van der Waals surface area contributed by atoms with Crippen molar-refractivity contribution in [2.24, 2.45) is 0 Å². The maximum absolute atomic E-state index is 8.74. The Bertz CT molecular complexity index is 241. The van der Waals surface area contributed by atoms with E-state index < -0.39 is 10.4 Å². The van der Waals surface area contributed by atoms with Crippen LogP contribution in [0.25, 0.3) is 0 Å². The molecule has 0 aromatic heterocycles. The van der Waals surface area contributed by atoms with Gasteiger partial charge in [0.05, 0.1) is 13.2 Å². The van der Waals surface area contributed by atoms with Crippen LogP contribution in [0.5, 0.6) is 0 Å². The Hall–Kier alpha value is -0.290. The number of nitrogens with zero attached hydrogens (tertiary/aromatic N) is 2. The molecular weight excluding hydrogens is 276 g/mol. The fourth-order valence-corrected chi connectivity index (χ4v) is 0.623. The second-order valence-electron chi connectivity index (χ2n) is 3.17. The van der Waals surface area contributed by atoms with Crippen LogP contribution < -0.4 is 0 Å². The van der Waals surface area contributed by atoms with Gasteiger partial charge in [0.1, 0.15) is 0 Å². The smallest absolute Gasteiger partial charge is 0.300 e. The molecule has 9 heteroatoms. The quantitative estimate of drug-likeness (QED) is 0.556. The van der Waals surface area contributed by atoms with Crippen LogP contribution in [-0.4, -0.2) is 68.0 Å². The van der Waals surface area contributed by atoms with Gasteiger partial charge in [0, 0.05) is 27.2 Å². The highest BCUT2D eigenvalue weighted by atomic mass is 32.3. The normalized spacial score (nSPS) is 10.6. The maximum atomic E-state index is 8.74. The maximum Gasteiger partial charge on any atom is 0.394 e. The zero-order valence-corrected chi connectivity index (χ0v) is 13.5. The van der Waals surface area contributed by atoms with Crippen LogP contribution in [-0.2, 0) is 20.1 Å². The van der Waals surface area contributed by atoms with Crippen molar-refractivity contribution in [1.82, 2.24) is 10.1 Å². The SMILES string of the molecule is CCON(C)CC.CCON(C)CC.O=S(=O)(O)O. The van der Waals surface area contributed by atoms with Crippen molar-refractivity contribution in [3.8, 4) is 0 Å². The summed E-state index contributed by atoms with van der Waals surface area (Å²) < 4.78 is 31.6. The summed E-state index contributed by atoms with van der Waals surface area (Å²) in [5.74, 6) is 0. The minimum atomic E-state index is -4.67. The van der Waals surface area contributed by atoms with Gasteiger partial charge >= 0.3 is 10.4 Å². The summed E-state index contributed by atoms with van der Waals surface area (Å²) in [6.45, 7) is 11.5. The third kappa shape index (κ3) is 46.4. The summed E-state index contributed by atoms with van der Waals surface area (Å²) >= 11 is 0. The minimum absolute atomic E-state index is 0.768. The molecule has 0 rings (SSSR count). The molecule has 0 spiro atoms. The van der Waals surface area contributed by atoms with Gasteiger partial charge in [-0.05, 0) is 13.8 Å². The lowest BCUT2D eigenvalue weighted by molar-refractivity contribution is -0.130. The number of hydrogen-bond acceptors (Lipinski definition) is 6. The van der Waals surface area contributed by atoms with Gasteiger partial charge in [-0.3, -0.25) is 18.8 Å². The standard InChI is InChI=1S/2C5H13NO.H2O4S/c2*1-4-6(3)7-5-2;1-5(2,3)4/h2*4-5H2,1-3H3;(H2,1,2,3,4). The van der Waals surface area contributed by atoms with E-state index in [1.807, 2.05) is 27.9 Å². The first-order valence-corrected chi connectivity index (χ1v) is 7.39. The largest absolute Gasteiger partial charge is 0.394 e. The molecule has 0 saturated carbocycles. The van der Waals surface area contributed by atoms with Crippen LogP contribution in [0.2, 0.25) is 0 Å². The van der Waals surface area contributed by atoms with Gasteiger partial charge in [0.2, 0.25) is 0 Å². The Morgan fingerprint density at radius 1 is 0.842 bits per heavy atom. The Balaban J connectivity index is -0.000000206. The predicted octanol–water partition coefficient (Wildman–Crippen LogP) is 1.13. The molecule has 19 heavy (non-hydrogen) atoms. The van der Waals surface area contributed by atoms with Gasteiger partial charge in [0.25, 0.3) is 0 Å². The van der Waals surface area contributed by atoms with E-state index in [1.165, 1.54) is 0 Å². The van der Waals surface area contributed by atoms with Gasteiger partial charge in [-0.1, -0.05) is 13.8 Å². The molecule has 0 aliphatic carbocycles. The monoisotopic (exact) mass is 304 g/mol. The van der Waals surface area contributed by atoms with Crippen LogP contribution in [0.3, 0.4) is 0 Å². The van der Waals surface area contributed by atoms with Crippen molar-refractivity contribution in [2.45, 2.75) is 27.7 Å². The van der Waals surface area contributed by atoms with Crippen LogP contribution in [0, 0.1) is 0 Å². The van der Waals surface area contributed by atoms with E-state index in [2.05, 4.69) is 13.8 Å². The summed E-state index contributed by atoms with van der Waals surface area (Å²) in [7, 11) is -0.826. The Morgan fingerprint density at radius 3 is 1.11 bits per heavy atom. The Morgan fingerprint density at radius 2 is 1.05 bits per heavy atom. The lowest BCUT2D eigenvalue weighted by Crippen LogP contribution is -2.17. The molecule has 0 unspecified atom stereocenters. The van der Waals surface area contributed by atoms with Crippen LogP contribution >= 0.6 is 0 Å². The van der Waals surface area contributed by atoms with E-state index in [9.17, 15) is 0 Å². The topological polar surface area (TPSA) is 99.5 Å². The first-order valence-electron chi connectivity index (χ1n) is 6.00. The van der Waals surface area contributed by atoms with Crippen molar-refractivity contribution >= 4 is 10.4 Å². The molecule has 8 nitrogen and oxygen atoms in total. The molecule has 0 saturated heterocycles. The van der Waals surface area contributed by atoms with E-state index in [-0.39, 0.29) is 0 Å². The molecule has 0 radical (unpaired) electrons. The zero-order chi connectivity index (χ0) is 15.9. The highest BCUT2D eigenvalue weighted by Crippen LogP contribution is 1.80. The van der Waals surface area contributed by atoms with E-state index >= 15 is 0 Å². The first-order chi connectivity index (χ1) is 8.62. The molecule has 120 valence electrons. The van der Waals surface area contributed by atoms with Crippen LogP contribution in [0.1, 0.15) is 27.7 Å². The van der Waals surface area contributed by atoms with Crippen molar-refractivity contribution < 1.29 is 27.2 Å². The lowest BCUT2D eigenvalue weighted by atomic mass is 10.8. The summed E-state index contributed by atoms with van der Waals surface area (Å²) in [6, 6.07) is 0. The molecule has 0 aromatic carbocycles. The van der Waals surface area contributed by atoms with E-state index in [0.29, 0.717) is 0 Å². The Labute approximate surface area is 116 Å². The third-order valence-corrected chi connectivity index (χ3v) is 1.59. The molecule has 0 aromatic rings. The number of hydroxylamine groups is 4. The molecule has 2 N–H and O–H groups in total. The first kappa shape index (κ1) is 23.8. The van der Waals surface area contributed by atoms with Crippen molar-refractivity contribution in [2.75, 3.05) is 40.4 Å². The summed E-state index contributed by atoms with van der Waals surface area (Å²) in [5, 5.41) is 3.61. The van der Waals surface area contributed by atoms with Crippen molar-refractivity contribution in [1.29, 1.82) is 0 Å². The average molecular weight is 304 g/mol. The third-order valence-electron chi connectivity index (χ3n) is 1.59. The van der Waals surface area contributed by atoms with Crippen LogP contribution in [0.15, 0.2) is 0 Å². The van der Waals surface area contributed by atoms with Gasteiger partial charge in [0.15, 0.2) is 0 Å². The second kappa shape index (κ2) is 15.8. The van der Waals surface area contributed by atoms with E-state index in [1.54, 1.807) is 10.1 Å². The molecule has 0 atom stereocenters. The van der Waals surface area contributed by atoms with Gasteiger partial charge in [-0.25, -0.2) is 0 Å². The van der Waals surface area contributed by atoms with Gasteiger partial charge in [-0.15, -0.1) is 0 Å². The predicted molar refractivity (Wildman–Crippen MR) is 74.0 cm³/mol. The number of rotatable bonds is 6. The van der Waals surface area contributed by atoms with Gasteiger partial charge in [-0.2, -0.15) is 18.5 Å². The summed E-state index contributed by atoms with van der Waals surface area (Å²) in [5.41, 5.74) is 0. The minimum Gasteiger partial charge on any atom is -0.300 e. The molecular formula is C10H28N2O6S. The van der Waals surface area contributed by atoms with E-state index in [4.69, 9.17) is 27.2 Å². The molecule has 0 heterocycles. The molecule has 0 aliphatic rings. The summed E-state index contributed by atoms with van der Waals surface area (Å²) in [6.07, 6.45) is 0. The Kier molecular flexibility index (Phi) is 19.7. The second-order valence-corrected chi connectivity index (χ2v) is 4.07. The zero-order valence-electron chi connectivity index (χ0n) is 12.7.